The van der Waals surface area contributed by atoms with Gasteiger partial charge in [-0.1, -0.05) is 6.07 Å². The fraction of sp³-hybridized carbons (Fsp3) is 0.308. The Balaban J connectivity index is 1.87. The Kier molecular flexibility index (Phi) is 2.52. The normalized spacial score (nSPS) is 20.0. The first-order valence-electron chi connectivity index (χ1n) is 5.75. The number of hydrogen-bond acceptors (Lipinski definition) is 3. The van der Waals surface area contributed by atoms with Crippen LogP contribution in [0.5, 0.6) is 0 Å². The lowest BCUT2D eigenvalue weighted by molar-refractivity contribution is -0.121. The number of rotatable bonds is 2. The number of primary amides is 1. The van der Waals surface area contributed by atoms with E-state index in [-0.39, 0.29) is 11.8 Å². The molecule has 3 nitrogen and oxygen atoms in total. The van der Waals surface area contributed by atoms with E-state index in [4.69, 9.17) is 5.73 Å². The molecule has 1 amide bonds. The summed E-state index contributed by atoms with van der Waals surface area (Å²) in [7, 11) is 0. The lowest BCUT2D eigenvalue weighted by Crippen LogP contribution is -2.27. The summed E-state index contributed by atoms with van der Waals surface area (Å²) in [5.41, 5.74) is 6.55. The van der Waals surface area contributed by atoms with Crippen LogP contribution < -0.4 is 10.6 Å². The van der Waals surface area contributed by atoms with Crippen LogP contribution in [0.4, 0.5) is 5.69 Å². The number of anilines is 1. The van der Waals surface area contributed by atoms with Crippen LogP contribution in [0.15, 0.2) is 29.6 Å². The minimum absolute atomic E-state index is 0.00836. The van der Waals surface area contributed by atoms with Crippen molar-refractivity contribution >= 4 is 33.0 Å². The summed E-state index contributed by atoms with van der Waals surface area (Å²) in [6.07, 6.45) is 0.873. The molecule has 2 N–H and O–H groups in total. The number of amides is 1. The van der Waals surface area contributed by atoms with Crippen molar-refractivity contribution in [2.45, 2.75) is 6.42 Å². The van der Waals surface area contributed by atoms with Crippen molar-refractivity contribution in [3.8, 4) is 0 Å². The Morgan fingerprint density at radius 1 is 1.41 bits per heavy atom. The monoisotopic (exact) mass is 246 g/mol. The Labute approximate surface area is 104 Å². The average Bonchev–Trinajstić information content (AvgIpc) is 2.97. The number of benzene rings is 1. The zero-order chi connectivity index (χ0) is 11.8. The maximum Gasteiger partial charge on any atom is 0.222 e. The van der Waals surface area contributed by atoms with Gasteiger partial charge in [0.2, 0.25) is 5.91 Å². The second kappa shape index (κ2) is 4.04. The van der Waals surface area contributed by atoms with E-state index in [1.807, 2.05) is 0 Å². The van der Waals surface area contributed by atoms with Crippen LogP contribution in [-0.2, 0) is 4.79 Å². The predicted octanol–water partition coefficient (Wildman–Crippen LogP) is 2.21. The number of carbonyl (C=O) groups is 1. The van der Waals surface area contributed by atoms with Gasteiger partial charge in [0.05, 0.1) is 5.92 Å². The summed E-state index contributed by atoms with van der Waals surface area (Å²) in [6.45, 7) is 1.68. The van der Waals surface area contributed by atoms with Crippen LogP contribution in [0.3, 0.4) is 0 Å². The van der Waals surface area contributed by atoms with Gasteiger partial charge in [-0.05, 0) is 35.4 Å². The molecule has 0 bridgehead atoms. The summed E-state index contributed by atoms with van der Waals surface area (Å²) in [6, 6.07) is 8.58. The second-order valence-corrected chi connectivity index (χ2v) is 5.42. The maximum absolute atomic E-state index is 11.1. The first-order valence-corrected chi connectivity index (χ1v) is 6.63. The molecular weight excluding hydrogens is 232 g/mol. The highest BCUT2D eigenvalue weighted by molar-refractivity contribution is 7.17. The predicted molar refractivity (Wildman–Crippen MR) is 71.3 cm³/mol. The molecule has 0 unspecified atom stereocenters. The lowest BCUT2D eigenvalue weighted by atomic mass is 10.1. The van der Waals surface area contributed by atoms with Gasteiger partial charge in [-0.15, -0.1) is 11.3 Å². The molecule has 1 aliphatic heterocycles. The van der Waals surface area contributed by atoms with E-state index in [0.717, 1.165) is 19.5 Å². The Morgan fingerprint density at radius 3 is 3.06 bits per heavy atom. The van der Waals surface area contributed by atoms with Crippen molar-refractivity contribution in [1.29, 1.82) is 0 Å². The van der Waals surface area contributed by atoms with E-state index in [1.165, 1.54) is 15.8 Å². The molecule has 3 rings (SSSR count). The van der Waals surface area contributed by atoms with Crippen molar-refractivity contribution in [2.24, 2.45) is 11.7 Å². The maximum atomic E-state index is 11.1. The highest BCUT2D eigenvalue weighted by Gasteiger charge is 2.26. The molecule has 0 saturated carbocycles. The first-order chi connectivity index (χ1) is 8.24. The minimum atomic E-state index is -0.176. The molecule has 2 heterocycles. The molecule has 0 aliphatic carbocycles. The van der Waals surface area contributed by atoms with Crippen LogP contribution in [-0.4, -0.2) is 19.0 Å². The van der Waals surface area contributed by atoms with Gasteiger partial charge >= 0.3 is 0 Å². The van der Waals surface area contributed by atoms with E-state index < -0.39 is 0 Å². The van der Waals surface area contributed by atoms with Crippen molar-refractivity contribution in [3.63, 3.8) is 0 Å². The molecule has 1 saturated heterocycles. The van der Waals surface area contributed by atoms with E-state index in [9.17, 15) is 4.79 Å². The molecular formula is C13H14N2OS. The Hall–Kier alpha value is -1.55. The first kappa shape index (κ1) is 10.6. The standard InChI is InChI=1S/C13H14N2OS/c14-13(16)10-3-5-15(8-10)11-2-1-9-4-6-17-12(9)7-11/h1-2,4,6-7,10H,3,5,8H2,(H2,14,16)/t10-/m0/s1. The van der Waals surface area contributed by atoms with Crippen LogP contribution >= 0.6 is 11.3 Å². The van der Waals surface area contributed by atoms with E-state index in [1.54, 1.807) is 11.3 Å². The van der Waals surface area contributed by atoms with Gasteiger partial charge in [-0.25, -0.2) is 0 Å². The van der Waals surface area contributed by atoms with Crippen molar-refractivity contribution in [3.05, 3.63) is 29.6 Å². The van der Waals surface area contributed by atoms with Crippen LogP contribution in [0.2, 0.25) is 0 Å². The molecule has 1 fully saturated rings. The van der Waals surface area contributed by atoms with E-state index in [0.29, 0.717) is 0 Å². The number of hydrogen-bond donors (Lipinski definition) is 1. The van der Waals surface area contributed by atoms with Gasteiger partial charge in [0.15, 0.2) is 0 Å². The molecule has 1 atom stereocenters. The van der Waals surface area contributed by atoms with Gasteiger partial charge in [0.25, 0.3) is 0 Å². The van der Waals surface area contributed by atoms with Gasteiger partial charge in [-0.2, -0.15) is 0 Å². The summed E-state index contributed by atoms with van der Waals surface area (Å²) in [5, 5.41) is 3.38. The van der Waals surface area contributed by atoms with E-state index >= 15 is 0 Å². The van der Waals surface area contributed by atoms with E-state index in [2.05, 4.69) is 34.5 Å². The number of fused-ring (bicyclic) bond motifs is 1. The molecule has 4 heteroatoms. The third-order valence-electron chi connectivity index (χ3n) is 3.40. The molecule has 0 radical (unpaired) electrons. The topological polar surface area (TPSA) is 46.3 Å². The van der Waals surface area contributed by atoms with Crippen LogP contribution in [0, 0.1) is 5.92 Å². The molecule has 1 aromatic carbocycles. The van der Waals surface area contributed by atoms with Gasteiger partial charge in [-0.3, -0.25) is 4.79 Å². The Bertz CT molecular complexity index is 563. The van der Waals surface area contributed by atoms with Gasteiger partial charge < -0.3 is 10.6 Å². The van der Waals surface area contributed by atoms with Crippen LogP contribution in [0.1, 0.15) is 6.42 Å². The zero-order valence-electron chi connectivity index (χ0n) is 9.43. The van der Waals surface area contributed by atoms with Crippen molar-refractivity contribution in [2.75, 3.05) is 18.0 Å². The number of carbonyl (C=O) groups excluding carboxylic acids is 1. The molecule has 17 heavy (non-hydrogen) atoms. The highest BCUT2D eigenvalue weighted by Crippen LogP contribution is 2.29. The average molecular weight is 246 g/mol. The third-order valence-corrected chi connectivity index (χ3v) is 4.28. The van der Waals surface area contributed by atoms with Crippen LogP contribution in [0.25, 0.3) is 10.1 Å². The smallest absolute Gasteiger partial charge is 0.222 e. The second-order valence-electron chi connectivity index (χ2n) is 4.48. The molecule has 1 aliphatic rings. The SMILES string of the molecule is NC(=O)[C@H]1CCN(c2ccc3ccsc3c2)C1. The molecule has 0 spiro atoms. The molecule has 88 valence electrons. The number of nitrogens with two attached hydrogens (primary N) is 1. The summed E-state index contributed by atoms with van der Waals surface area (Å²) < 4.78 is 1.30. The largest absolute Gasteiger partial charge is 0.371 e. The summed E-state index contributed by atoms with van der Waals surface area (Å²) >= 11 is 1.75. The minimum Gasteiger partial charge on any atom is -0.371 e. The highest BCUT2D eigenvalue weighted by atomic mass is 32.1. The van der Waals surface area contributed by atoms with Gasteiger partial charge in [0.1, 0.15) is 0 Å². The molecule has 1 aromatic heterocycles. The number of thiophene rings is 1. The van der Waals surface area contributed by atoms with Crippen molar-refractivity contribution < 1.29 is 4.79 Å². The lowest BCUT2D eigenvalue weighted by Gasteiger charge is -2.18. The summed E-state index contributed by atoms with van der Waals surface area (Å²) in [4.78, 5) is 13.4. The fourth-order valence-corrected chi connectivity index (χ4v) is 3.19. The zero-order valence-corrected chi connectivity index (χ0v) is 10.2. The molecule has 2 aromatic rings. The quantitative estimate of drug-likeness (QED) is 0.883. The number of nitrogens with zero attached hydrogens (tertiary/aromatic N) is 1. The summed E-state index contributed by atoms with van der Waals surface area (Å²) in [5.74, 6) is -0.168. The van der Waals surface area contributed by atoms with Crippen molar-refractivity contribution in [1.82, 2.24) is 0 Å². The fourth-order valence-electron chi connectivity index (χ4n) is 2.37. The van der Waals surface area contributed by atoms with Gasteiger partial charge in [0, 0.05) is 23.5 Å². The third kappa shape index (κ3) is 1.89. The Morgan fingerprint density at radius 2 is 2.29 bits per heavy atom.